The van der Waals surface area contributed by atoms with E-state index in [1.165, 1.54) is 19.3 Å². The Morgan fingerprint density at radius 2 is 2.00 bits per heavy atom. The molecule has 0 aliphatic heterocycles. The van der Waals surface area contributed by atoms with Crippen molar-refractivity contribution in [2.24, 2.45) is 10.9 Å². The van der Waals surface area contributed by atoms with Crippen molar-refractivity contribution in [1.29, 1.82) is 0 Å². The summed E-state index contributed by atoms with van der Waals surface area (Å²) in [6.07, 6.45) is 6.01. The molecule has 1 aliphatic rings. The Bertz CT molecular complexity index is 155. The number of nitrogens with zero attached hydrogens (tertiary/aromatic N) is 1. The number of rotatable bonds is 5. The molecule has 1 fully saturated rings. The van der Waals surface area contributed by atoms with Crippen LogP contribution in [0.3, 0.4) is 0 Å². The monoisotopic (exact) mass is 185 g/mol. The van der Waals surface area contributed by atoms with E-state index in [0.29, 0.717) is 13.1 Å². The van der Waals surface area contributed by atoms with Gasteiger partial charge in [0, 0.05) is 18.6 Å². The second-order valence-corrected chi connectivity index (χ2v) is 3.95. The minimum atomic E-state index is -0.0267. The quantitative estimate of drug-likeness (QED) is 0.496. The molecule has 76 valence electrons. The zero-order chi connectivity index (χ0) is 9.57. The van der Waals surface area contributed by atoms with Gasteiger partial charge in [0.1, 0.15) is 0 Å². The highest BCUT2D eigenvalue weighted by Gasteiger charge is 2.26. The molecule has 0 atom stereocenters. The van der Waals surface area contributed by atoms with E-state index in [1.807, 2.05) is 0 Å². The van der Waals surface area contributed by atoms with E-state index in [-0.39, 0.29) is 5.54 Å². The first-order valence-electron chi connectivity index (χ1n) is 5.06. The first-order chi connectivity index (χ1) is 6.27. The highest BCUT2D eigenvalue weighted by atomic mass is 16.3. The van der Waals surface area contributed by atoms with Crippen LogP contribution in [0.15, 0.2) is 5.18 Å². The third-order valence-electron chi connectivity index (χ3n) is 2.71. The zero-order valence-electron chi connectivity index (χ0n) is 8.09. The number of nitroso groups, excluding NO2 is 1. The van der Waals surface area contributed by atoms with Crippen LogP contribution in [0.5, 0.6) is 0 Å². The SMILES string of the molecule is NC1(CNCCN=O)CCCCC1. The van der Waals surface area contributed by atoms with Crippen molar-refractivity contribution in [2.45, 2.75) is 37.6 Å². The zero-order valence-corrected chi connectivity index (χ0v) is 8.09. The van der Waals surface area contributed by atoms with Crippen LogP contribution in [0.1, 0.15) is 32.1 Å². The average molecular weight is 185 g/mol. The van der Waals surface area contributed by atoms with E-state index in [4.69, 9.17) is 5.73 Å². The van der Waals surface area contributed by atoms with Crippen LogP contribution in [0.4, 0.5) is 0 Å². The predicted octanol–water partition coefficient (Wildman–Crippen LogP) is 1.00. The lowest BCUT2D eigenvalue weighted by molar-refractivity contribution is 0.285. The van der Waals surface area contributed by atoms with Gasteiger partial charge in [0.2, 0.25) is 0 Å². The van der Waals surface area contributed by atoms with Gasteiger partial charge in [0.25, 0.3) is 0 Å². The maximum absolute atomic E-state index is 9.81. The van der Waals surface area contributed by atoms with Gasteiger partial charge in [-0.3, -0.25) is 0 Å². The molecule has 3 N–H and O–H groups in total. The molecule has 0 saturated heterocycles. The standard InChI is InChI=1S/C9H19N3O/c10-9(4-2-1-3-5-9)8-11-6-7-12-13/h11H,1-8,10H2. The van der Waals surface area contributed by atoms with E-state index in [2.05, 4.69) is 10.5 Å². The molecular formula is C9H19N3O. The van der Waals surface area contributed by atoms with Crippen LogP contribution < -0.4 is 11.1 Å². The Labute approximate surface area is 79.2 Å². The molecular weight excluding hydrogens is 166 g/mol. The second-order valence-electron chi connectivity index (χ2n) is 3.95. The lowest BCUT2D eigenvalue weighted by Gasteiger charge is -2.33. The van der Waals surface area contributed by atoms with E-state index < -0.39 is 0 Å². The van der Waals surface area contributed by atoms with Crippen LogP contribution in [-0.2, 0) is 0 Å². The fourth-order valence-electron chi connectivity index (χ4n) is 1.89. The Kier molecular flexibility index (Phi) is 4.32. The van der Waals surface area contributed by atoms with Crippen molar-refractivity contribution in [1.82, 2.24) is 5.32 Å². The lowest BCUT2D eigenvalue weighted by atomic mass is 9.82. The van der Waals surface area contributed by atoms with Crippen LogP contribution >= 0.6 is 0 Å². The van der Waals surface area contributed by atoms with Crippen molar-refractivity contribution in [2.75, 3.05) is 19.6 Å². The van der Waals surface area contributed by atoms with Gasteiger partial charge >= 0.3 is 0 Å². The molecule has 0 spiro atoms. The fraction of sp³-hybridized carbons (Fsp3) is 1.00. The molecule has 1 saturated carbocycles. The number of hydrogen-bond acceptors (Lipinski definition) is 4. The second kappa shape index (κ2) is 5.29. The summed E-state index contributed by atoms with van der Waals surface area (Å²) in [6.45, 7) is 1.82. The fourth-order valence-corrected chi connectivity index (χ4v) is 1.89. The number of hydrogen-bond donors (Lipinski definition) is 2. The van der Waals surface area contributed by atoms with Gasteiger partial charge in [-0.1, -0.05) is 24.4 Å². The third kappa shape index (κ3) is 3.83. The summed E-state index contributed by atoms with van der Waals surface area (Å²) in [5, 5.41) is 5.97. The summed E-state index contributed by atoms with van der Waals surface area (Å²) < 4.78 is 0. The molecule has 0 unspecified atom stereocenters. The highest BCUT2D eigenvalue weighted by molar-refractivity contribution is 4.89. The van der Waals surface area contributed by atoms with Crippen LogP contribution in [0.25, 0.3) is 0 Å². The summed E-state index contributed by atoms with van der Waals surface area (Å²) in [4.78, 5) is 9.81. The van der Waals surface area contributed by atoms with Gasteiger partial charge in [0.15, 0.2) is 0 Å². The Hall–Kier alpha value is -0.480. The van der Waals surface area contributed by atoms with Gasteiger partial charge in [-0.15, -0.1) is 0 Å². The summed E-state index contributed by atoms with van der Waals surface area (Å²) >= 11 is 0. The van der Waals surface area contributed by atoms with E-state index in [0.717, 1.165) is 19.4 Å². The number of nitrogens with two attached hydrogens (primary N) is 1. The van der Waals surface area contributed by atoms with Gasteiger partial charge in [0.05, 0.1) is 6.54 Å². The van der Waals surface area contributed by atoms with Crippen molar-refractivity contribution in [3.05, 3.63) is 4.91 Å². The Balaban J connectivity index is 2.13. The van der Waals surface area contributed by atoms with E-state index in [9.17, 15) is 4.91 Å². The highest BCUT2D eigenvalue weighted by Crippen LogP contribution is 2.24. The predicted molar refractivity (Wildman–Crippen MR) is 53.5 cm³/mol. The van der Waals surface area contributed by atoms with Gasteiger partial charge in [-0.05, 0) is 12.8 Å². The normalized spacial score (nSPS) is 21.3. The van der Waals surface area contributed by atoms with Gasteiger partial charge in [-0.25, -0.2) is 0 Å². The summed E-state index contributed by atoms with van der Waals surface area (Å²) in [5.74, 6) is 0. The Morgan fingerprint density at radius 3 is 2.62 bits per heavy atom. The van der Waals surface area contributed by atoms with Crippen molar-refractivity contribution >= 4 is 0 Å². The van der Waals surface area contributed by atoms with Crippen molar-refractivity contribution in [3.63, 3.8) is 0 Å². The molecule has 0 radical (unpaired) electrons. The molecule has 4 nitrogen and oxygen atoms in total. The minimum absolute atomic E-state index is 0.0267. The first-order valence-corrected chi connectivity index (χ1v) is 5.06. The molecule has 0 aromatic rings. The maximum Gasteiger partial charge on any atom is 0.0935 e. The topological polar surface area (TPSA) is 67.5 Å². The van der Waals surface area contributed by atoms with Gasteiger partial charge < -0.3 is 11.1 Å². The molecule has 1 rings (SSSR count). The molecule has 4 heteroatoms. The van der Waals surface area contributed by atoms with Gasteiger partial charge in [-0.2, -0.15) is 4.91 Å². The molecule has 0 heterocycles. The largest absolute Gasteiger partial charge is 0.324 e. The van der Waals surface area contributed by atoms with E-state index in [1.54, 1.807) is 0 Å². The van der Waals surface area contributed by atoms with Crippen LogP contribution in [0, 0.1) is 4.91 Å². The maximum atomic E-state index is 9.81. The molecule has 13 heavy (non-hydrogen) atoms. The summed E-state index contributed by atoms with van der Waals surface area (Å²) in [5.41, 5.74) is 6.14. The molecule has 0 aromatic heterocycles. The summed E-state index contributed by atoms with van der Waals surface area (Å²) in [6, 6.07) is 0. The Morgan fingerprint density at radius 1 is 1.31 bits per heavy atom. The van der Waals surface area contributed by atoms with Crippen molar-refractivity contribution in [3.8, 4) is 0 Å². The molecule has 0 bridgehead atoms. The molecule has 0 amide bonds. The summed E-state index contributed by atoms with van der Waals surface area (Å²) in [7, 11) is 0. The molecule has 1 aliphatic carbocycles. The minimum Gasteiger partial charge on any atom is -0.324 e. The third-order valence-corrected chi connectivity index (χ3v) is 2.71. The lowest BCUT2D eigenvalue weighted by Crippen LogP contribution is -2.50. The smallest absolute Gasteiger partial charge is 0.0935 e. The van der Waals surface area contributed by atoms with Crippen LogP contribution in [-0.4, -0.2) is 25.2 Å². The first kappa shape index (κ1) is 10.6. The average Bonchev–Trinajstić information content (AvgIpc) is 2.14. The number of nitrogens with one attached hydrogen (secondary N) is 1. The van der Waals surface area contributed by atoms with Crippen LogP contribution in [0.2, 0.25) is 0 Å². The van der Waals surface area contributed by atoms with Crippen molar-refractivity contribution < 1.29 is 0 Å². The molecule has 0 aromatic carbocycles. The van der Waals surface area contributed by atoms with E-state index >= 15 is 0 Å².